The van der Waals surface area contributed by atoms with Gasteiger partial charge in [0.15, 0.2) is 11.5 Å². The van der Waals surface area contributed by atoms with Gasteiger partial charge in [-0.25, -0.2) is 4.98 Å². The zero-order chi connectivity index (χ0) is 16.8. The molecule has 2 saturated carbocycles. The molecule has 2 fully saturated rings. The van der Waals surface area contributed by atoms with E-state index in [1.807, 2.05) is 18.3 Å². The lowest BCUT2D eigenvalue weighted by atomic mass is 9.92. The highest BCUT2D eigenvalue weighted by Gasteiger charge is 2.39. The van der Waals surface area contributed by atoms with Crippen LogP contribution in [0, 0.1) is 17.8 Å². The number of hydrogen-bond donors (Lipinski definition) is 0. The summed E-state index contributed by atoms with van der Waals surface area (Å²) in [7, 11) is 1.69. The average Bonchev–Trinajstić information content (AvgIpc) is 3.39. The molecule has 5 heteroatoms. The Hall–Kier alpha value is -2.17. The molecule has 3 atom stereocenters. The van der Waals surface area contributed by atoms with E-state index in [1.54, 1.807) is 7.11 Å². The number of fused-ring (bicyclic) bond motifs is 2. The van der Waals surface area contributed by atoms with Gasteiger partial charge in [0, 0.05) is 25.0 Å². The lowest BCUT2D eigenvalue weighted by molar-refractivity contribution is 0.174. The Bertz CT molecular complexity index is 785. The first-order valence-electron chi connectivity index (χ1n) is 9.32. The predicted octanol–water partition coefficient (Wildman–Crippen LogP) is 4.11. The van der Waals surface area contributed by atoms with E-state index in [1.165, 1.54) is 32.1 Å². The molecule has 2 heterocycles. The molecule has 0 amide bonds. The maximum atomic E-state index is 5.60. The van der Waals surface area contributed by atoms with Crippen molar-refractivity contribution >= 4 is 0 Å². The highest BCUT2D eigenvalue weighted by atomic mass is 16.7. The van der Waals surface area contributed by atoms with E-state index in [4.69, 9.17) is 14.2 Å². The van der Waals surface area contributed by atoms with Crippen LogP contribution in [0.3, 0.4) is 0 Å². The molecule has 0 N–H and O–H groups in total. The molecule has 0 radical (unpaired) electrons. The van der Waals surface area contributed by atoms with Crippen molar-refractivity contribution in [2.24, 2.45) is 17.8 Å². The summed E-state index contributed by atoms with van der Waals surface area (Å²) in [6, 6.07) is 3.90. The molecule has 1 aromatic carbocycles. The maximum Gasteiger partial charge on any atom is 0.231 e. The summed E-state index contributed by atoms with van der Waals surface area (Å²) in [5.74, 6) is 5.90. The quantitative estimate of drug-likeness (QED) is 0.840. The monoisotopic (exact) mass is 340 g/mol. The lowest BCUT2D eigenvalue weighted by Crippen LogP contribution is -2.16. The van der Waals surface area contributed by atoms with Crippen LogP contribution in [0.1, 0.15) is 32.1 Å². The molecule has 0 spiro atoms. The maximum absolute atomic E-state index is 5.60. The van der Waals surface area contributed by atoms with Crippen molar-refractivity contribution in [1.82, 2.24) is 9.55 Å². The summed E-state index contributed by atoms with van der Waals surface area (Å²) in [4.78, 5) is 4.63. The van der Waals surface area contributed by atoms with Gasteiger partial charge >= 0.3 is 0 Å². The van der Waals surface area contributed by atoms with E-state index in [0.29, 0.717) is 0 Å². The zero-order valence-corrected chi connectivity index (χ0v) is 14.6. The van der Waals surface area contributed by atoms with E-state index in [2.05, 4.69) is 15.7 Å². The third-order valence-electron chi connectivity index (χ3n) is 6.31. The van der Waals surface area contributed by atoms with Crippen LogP contribution >= 0.6 is 0 Å². The summed E-state index contributed by atoms with van der Waals surface area (Å²) >= 11 is 0. The summed E-state index contributed by atoms with van der Waals surface area (Å²) < 4.78 is 18.9. The van der Waals surface area contributed by atoms with Crippen LogP contribution in [0.5, 0.6) is 17.2 Å². The van der Waals surface area contributed by atoms with Gasteiger partial charge in [0.25, 0.3) is 0 Å². The number of aromatic nitrogens is 2. The summed E-state index contributed by atoms with van der Waals surface area (Å²) in [6.45, 7) is 1.32. The van der Waals surface area contributed by atoms with Gasteiger partial charge in [-0.15, -0.1) is 0 Å². The Balaban J connectivity index is 1.47. The molecular formula is C20H24N2O3. The number of imidazole rings is 1. The fourth-order valence-corrected chi connectivity index (χ4v) is 5.13. The van der Waals surface area contributed by atoms with Crippen molar-refractivity contribution in [1.29, 1.82) is 0 Å². The zero-order valence-electron chi connectivity index (χ0n) is 14.6. The van der Waals surface area contributed by atoms with Gasteiger partial charge in [-0.05, 0) is 43.1 Å². The van der Waals surface area contributed by atoms with Gasteiger partial charge in [-0.2, -0.15) is 0 Å². The van der Waals surface area contributed by atoms with E-state index in [0.717, 1.165) is 52.9 Å². The second-order valence-corrected chi connectivity index (χ2v) is 7.50. The van der Waals surface area contributed by atoms with Crippen LogP contribution in [-0.4, -0.2) is 23.5 Å². The van der Waals surface area contributed by atoms with Crippen molar-refractivity contribution in [3.63, 3.8) is 0 Å². The molecule has 1 aliphatic heterocycles. The minimum atomic E-state index is 0.265. The molecule has 25 heavy (non-hydrogen) atoms. The fraction of sp³-hybridized carbons (Fsp3) is 0.550. The number of methoxy groups -OCH3 is 1. The average molecular weight is 340 g/mol. The Morgan fingerprint density at radius 1 is 1.16 bits per heavy atom. The Labute approximate surface area is 147 Å². The third-order valence-corrected chi connectivity index (χ3v) is 6.31. The normalized spacial score (nSPS) is 26.8. The Morgan fingerprint density at radius 2 is 2.04 bits per heavy atom. The summed E-state index contributed by atoms with van der Waals surface area (Å²) in [6.07, 6.45) is 11.0. The van der Waals surface area contributed by atoms with E-state index in [-0.39, 0.29) is 6.79 Å². The first-order chi connectivity index (χ1) is 12.3. The van der Waals surface area contributed by atoms with Crippen molar-refractivity contribution in [2.45, 2.75) is 38.6 Å². The molecular weight excluding hydrogens is 316 g/mol. The molecule has 1 aromatic heterocycles. The lowest BCUT2D eigenvalue weighted by Gasteiger charge is -2.20. The Kier molecular flexibility index (Phi) is 3.61. The highest BCUT2D eigenvalue weighted by Crippen LogP contribution is 2.48. The van der Waals surface area contributed by atoms with Crippen LogP contribution in [0.25, 0.3) is 11.4 Å². The SMILES string of the molecule is COc1cc2c(cc1-c1nccn1C[C@@H]1CC[C@H]3CCC[C@H]31)OCO2. The summed E-state index contributed by atoms with van der Waals surface area (Å²) in [5.41, 5.74) is 0.970. The minimum absolute atomic E-state index is 0.265. The first-order valence-corrected chi connectivity index (χ1v) is 9.32. The Morgan fingerprint density at radius 3 is 2.92 bits per heavy atom. The van der Waals surface area contributed by atoms with Crippen molar-refractivity contribution in [2.75, 3.05) is 13.9 Å². The second-order valence-electron chi connectivity index (χ2n) is 7.50. The van der Waals surface area contributed by atoms with E-state index < -0.39 is 0 Å². The largest absolute Gasteiger partial charge is 0.496 e. The van der Waals surface area contributed by atoms with Crippen molar-refractivity contribution < 1.29 is 14.2 Å². The van der Waals surface area contributed by atoms with Crippen LogP contribution in [0.15, 0.2) is 24.5 Å². The molecule has 3 aliphatic rings. The molecule has 5 rings (SSSR count). The highest BCUT2D eigenvalue weighted by molar-refractivity contribution is 5.70. The number of rotatable bonds is 4. The molecule has 2 aromatic rings. The molecule has 2 aliphatic carbocycles. The third kappa shape index (κ3) is 2.48. The minimum Gasteiger partial charge on any atom is -0.496 e. The van der Waals surface area contributed by atoms with Gasteiger partial charge < -0.3 is 18.8 Å². The number of benzene rings is 1. The topological polar surface area (TPSA) is 45.5 Å². The fourth-order valence-electron chi connectivity index (χ4n) is 5.13. The van der Waals surface area contributed by atoms with Gasteiger partial charge in [0.05, 0.1) is 12.7 Å². The number of ether oxygens (including phenoxy) is 3. The van der Waals surface area contributed by atoms with Crippen LogP contribution < -0.4 is 14.2 Å². The van der Waals surface area contributed by atoms with Gasteiger partial charge in [0.2, 0.25) is 6.79 Å². The van der Waals surface area contributed by atoms with Crippen LogP contribution in [0.4, 0.5) is 0 Å². The van der Waals surface area contributed by atoms with Gasteiger partial charge in [-0.3, -0.25) is 0 Å². The first kappa shape index (κ1) is 15.1. The molecule has 132 valence electrons. The molecule has 0 bridgehead atoms. The van der Waals surface area contributed by atoms with Crippen LogP contribution in [0.2, 0.25) is 0 Å². The van der Waals surface area contributed by atoms with E-state index >= 15 is 0 Å². The van der Waals surface area contributed by atoms with Gasteiger partial charge in [0.1, 0.15) is 11.6 Å². The van der Waals surface area contributed by atoms with Gasteiger partial charge in [-0.1, -0.05) is 12.8 Å². The smallest absolute Gasteiger partial charge is 0.231 e. The molecule has 5 nitrogen and oxygen atoms in total. The molecule has 0 saturated heterocycles. The van der Waals surface area contributed by atoms with E-state index in [9.17, 15) is 0 Å². The van der Waals surface area contributed by atoms with Crippen LogP contribution in [-0.2, 0) is 6.54 Å². The van der Waals surface area contributed by atoms with Crippen molar-refractivity contribution in [3.05, 3.63) is 24.5 Å². The predicted molar refractivity (Wildman–Crippen MR) is 93.9 cm³/mol. The number of hydrogen-bond acceptors (Lipinski definition) is 4. The standard InChI is InChI=1S/C20H24N2O3/c1-23-17-10-19-18(24-12-25-19)9-16(17)20-21-7-8-22(20)11-14-6-5-13-3-2-4-15(13)14/h7-10,13-15H,2-6,11-12H2,1H3/t13-,14+,15-/m1/s1. The van der Waals surface area contributed by atoms with Crippen molar-refractivity contribution in [3.8, 4) is 28.6 Å². The number of nitrogens with zero attached hydrogens (tertiary/aromatic N) is 2. The molecule has 0 unspecified atom stereocenters. The second kappa shape index (κ2) is 5.97. The summed E-state index contributed by atoms with van der Waals surface area (Å²) in [5, 5.41) is 0.